The van der Waals surface area contributed by atoms with Crippen molar-refractivity contribution in [1.29, 1.82) is 0 Å². The van der Waals surface area contributed by atoms with Crippen molar-refractivity contribution in [2.24, 2.45) is 30.9 Å². The largest absolute Gasteiger partial charge is 0.309 e. The standard InChI is InChI=1S/C8H6N6/c1-2-4-7(5-3-1)6-9-10-8-11-13-14-12-8/h1-6H/b9-6+. The topological polar surface area (TPSA) is 74.2 Å². The molecule has 0 spiro atoms. The Morgan fingerprint density at radius 1 is 1.00 bits per heavy atom. The molecular weight excluding hydrogens is 180 g/mol. The molecule has 0 aromatic heterocycles. The van der Waals surface area contributed by atoms with Crippen molar-refractivity contribution in [3.63, 3.8) is 0 Å². The first-order chi connectivity index (χ1) is 6.95. The van der Waals surface area contributed by atoms with Crippen LogP contribution >= 0.6 is 0 Å². The van der Waals surface area contributed by atoms with Gasteiger partial charge in [-0.1, -0.05) is 40.6 Å². The van der Waals surface area contributed by atoms with Gasteiger partial charge in [0.05, 0.1) is 6.21 Å². The molecule has 0 amide bonds. The van der Waals surface area contributed by atoms with E-state index in [9.17, 15) is 0 Å². The SMILES string of the molecule is C(=N\N=C1N=NN=N1)/c1ccccc1. The van der Waals surface area contributed by atoms with Crippen LogP contribution in [0.1, 0.15) is 5.56 Å². The lowest BCUT2D eigenvalue weighted by molar-refractivity contribution is 1.06. The van der Waals surface area contributed by atoms with Crippen LogP contribution in [-0.2, 0) is 0 Å². The average molecular weight is 186 g/mol. The van der Waals surface area contributed by atoms with E-state index in [0.717, 1.165) is 5.56 Å². The second kappa shape index (κ2) is 4.13. The van der Waals surface area contributed by atoms with Gasteiger partial charge >= 0.3 is 5.96 Å². The molecule has 1 aromatic carbocycles. The summed E-state index contributed by atoms with van der Waals surface area (Å²) in [7, 11) is 0. The molecule has 0 unspecified atom stereocenters. The predicted molar refractivity (Wildman–Crippen MR) is 51.2 cm³/mol. The van der Waals surface area contributed by atoms with E-state index in [1.54, 1.807) is 6.21 Å². The monoisotopic (exact) mass is 186 g/mol. The van der Waals surface area contributed by atoms with Gasteiger partial charge in [-0.2, -0.15) is 5.10 Å². The van der Waals surface area contributed by atoms with Gasteiger partial charge in [0.15, 0.2) is 0 Å². The van der Waals surface area contributed by atoms with Gasteiger partial charge in [-0.05, 0) is 16.0 Å². The summed E-state index contributed by atoms with van der Waals surface area (Å²) in [6.45, 7) is 0. The molecule has 6 heteroatoms. The summed E-state index contributed by atoms with van der Waals surface area (Å²) >= 11 is 0. The number of rotatable bonds is 2. The highest BCUT2D eigenvalue weighted by Crippen LogP contribution is 1.98. The highest BCUT2D eigenvalue weighted by Gasteiger charge is 1.97. The molecule has 68 valence electrons. The smallest absolute Gasteiger partial charge is 0.155 e. The third-order valence-corrected chi connectivity index (χ3v) is 1.46. The summed E-state index contributed by atoms with van der Waals surface area (Å²) in [6, 6.07) is 9.61. The molecule has 0 fully saturated rings. The lowest BCUT2D eigenvalue weighted by Gasteiger charge is -1.86. The number of guanidine groups is 1. The molecule has 0 atom stereocenters. The second-order valence-corrected chi connectivity index (χ2v) is 2.43. The van der Waals surface area contributed by atoms with Crippen LogP contribution < -0.4 is 0 Å². The summed E-state index contributed by atoms with van der Waals surface area (Å²) in [5, 5.41) is 21.0. The van der Waals surface area contributed by atoms with Crippen LogP contribution in [0.25, 0.3) is 0 Å². The van der Waals surface area contributed by atoms with Gasteiger partial charge in [-0.15, -0.1) is 5.10 Å². The van der Waals surface area contributed by atoms with E-state index in [1.165, 1.54) is 0 Å². The van der Waals surface area contributed by atoms with E-state index in [0.29, 0.717) is 0 Å². The van der Waals surface area contributed by atoms with Gasteiger partial charge < -0.3 is 0 Å². The van der Waals surface area contributed by atoms with E-state index in [2.05, 4.69) is 30.9 Å². The fourth-order valence-corrected chi connectivity index (χ4v) is 0.866. The Kier molecular flexibility index (Phi) is 2.46. The zero-order valence-corrected chi connectivity index (χ0v) is 7.15. The van der Waals surface area contributed by atoms with E-state index in [4.69, 9.17) is 0 Å². The Morgan fingerprint density at radius 2 is 1.71 bits per heavy atom. The van der Waals surface area contributed by atoms with Crippen molar-refractivity contribution < 1.29 is 0 Å². The Bertz CT molecular complexity index is 403. The molecule has 0 radical (unpaired) electrons. The summed E-state index contributed by atoms with van der Waals surface area (Å²) in [4.78, 5) is 0. The van der Waals surface area contributed by atoms with Crippen LogP contribution in [-0.4, -0.2) is 12.2 Å². The van der Waals surface area contributed by atoms with Crippen LogP contribution in [0, 0.1) is 0 Å². The molecule has 0 bridgehead atoms. The second-order valence-electron chi connectivity index (χ2n) is 2.43. The minimum Gasteiger partial charge on any atom is -0.155 e. The number of benzene rings is 1. The zero-order chi connectivity index (χ0) is 9.64. The third kappa shape index (κ3) is 2.13. The molecule has 1 aliphatic heterocycles. The van der Waals surface area contributed by atoms with Gasteiger partial charge in [-0.25, -0.2) is 0 Å². The third-order valence-electron chi connectivity index (χ3n) is 1.46. The van der Waals surface area contributed by atoms with E-state index < -0.39 is 0 Å². The van der Waals surface area contributed by atoms with Gasteiger partial charge in [0, 0.05) is 0 Å². The maximum Gasteiger partial charge on any atom is 0.309 e. The maximum absolute atomic E-state index is 3.78. The van der Waals surface area contributed by atoms with Gasteiger partial charge in [0.2, 0.25) is 0 Å². The molecule has 1 heterocycles. The molecular formula is C8H6N6. The first-order valence-corrected chi connectivity index (χ1v) is 3.93. The normalized spacial score (nSPS) is 14.1. The fourth-order valence-electron chi connectivity index (χ4n) is 0.866. The number of hydrogen-bond donors (Lipinski definition) is 0. The first kappa shape index (κ1) is 8.36. The van der Waals surface area contributed by atoms with E-state index in [1.807, 2.05) is 30.3 Å². The summed E-state index contributed by atoms with van der Waals surface area (Å²) in [5.41, 5.74) is 0.962. The van der Waals surface area contributed by atoms with Crippen molar-refractivity contribution in [3.8, 4) is 0 Å². The van der Waals surface area contributed by atoms with Gasteiger partial charge in [0.25, 0.3) is 0 Å². The lowest BCUT2D eigenvalue weighted by atomic mass is 10.2. The van der Waals surface area contributed by atoms with Crippen molar-refractivity contribution in [1.82, 2.24) is 0 Å². The van der Waals surface area contributed by atoms with Crippen LogP contribution in [0.3, 0.4) is 0 Å². The fraction of sp³-hybridized carbons (Fsp3) is 0. The Balaban J connectivity index is 2.05. The average Bonchev–Trinajstić information content (AvgIpc) is 2.72. The molecule has 0 saturated carbocycles. The van der Waals surface area contributed by atoms with Gasteiger partial charge in [0.1, 0.15) is 0 Å². The Morgan fingerprint density at radius 3 is 2.43 bits per heavy atom. The van der Waals surface area contributed by atoms with E-state index >= 15 is 0 Å². The molecule has 0 aliphatic carbocycles. The maximum atomic E-state index is 3.78. The highest BCUT2D eigenvalue weighted by atomic mass is 15.6. The lowest BCUT2D eigenvalue weighted by Crippen LogP contribution is -1.82. The van der Waals surface area contributed by atoms with Crippen molar-refractivity contribution in [2.75, 3.05) is 0 Å². The van der Waals surface area contributed by atoms with Gasteiger partial charge in [-0.3, -0.25) is 0 Å². The highest BCUT2D eigenvalue weighted by molar-refractivity contribution is 5.83. The summed E-state index contributed by atoms with van der Waals surface area (Å²) in [6.07, 6.45) is 1.61. The van der Waals surface area contributed by atoms with Crippen LogP contribution in [0.15, 0.2) is 61.2 Å². The van der Waals surface area contributed by atoms with Crippen molar-refractivity contribution >= 4 is 12.2 Å². The number of nitrogens with zero attached hydrogens (tertiary/aromatic N) is 6. The van der Waals surface area contributed by atoms with Crippen LogP contribution in [0.2, 0.25) is 0 Å². The Labute approximate surface area is 79.8 Å². The molecule has 14 heavy (non-hydrogen) atoms. The minimum atomic E-state index is 0.164. The molecule has 1 aliphatic rings. The predicted octanol–water partition coefficient (Wildman–Crippen LogP) is 2.21. The molecule has 2 rings (SSSR count). The van der Waals surface area contributed by atoms with Crippen molar-refractivity contribution in [2.45, 2.75) is 0 Å². The minimum absolute atomic E-state index is 0.164. The quantitative estimate of drug-likeness (QED) is 0.501. The molecule has 6 nitrogen and oxygen atoms in total. The van der Waals surface area contributed by atoms with Crippen LogP contribution in [0.5, 0.6) is 0 Å². The number of hydrogen-bond acceptors (Lipinski definition) is 4. The molecule has 0 N–H and O–H groups in total. The summed E-state index contributed by atoms with van der Waals surface area (Å²) in [5.74, 6) is 0.164. The first-order valence-electron chi connectivity index (χ1n) is 3.93. The zero-order valence-electron chi connectivity index (χ0n) is 7.15. The molecule has 1 aromatic rings. The van der Waals surface area contributed by atoms with Crippen molar-refractivity contribution in [3.05, 3.63) is 35.9 Å². The Hall–Kier alpha value is -2.24. The van der Waals surface area contributed by atoms with Crippen LogP contribution in [0.4, 0.5) is 0 Å². The van der Waals surface area contributed by atoms with E-state index in [-0.39, 0.29) is 5.96 Å². The molecule has 0 saturated heterocycles. The summed E-state index contributed by atoms with van der Waals surface area (Å²) < 4.78 is 0.